The average Bonchev–Trinajstić information content (AvgIpc) is 2.29. The van der Waals surface area contributed by atoms with Crippen LogP contribution < -0.4 is 0 Å². The van der Waals surface area contributed by atoms with Gasteiger partial charge in [-0.1, -0.05) is 35.7 Å². The molecule has 0 N–H and O–H groups in total. The SMILES string of the molecule is O=C1C=C=C=Cc2ccccc21. The van der Waals surface area contributed by atoms with E-state index in [-0.39, 0.29) is 5.78 Å². The van der Waals surface area contributed by atoms with E-state index in [1.807, 2.05) is 18.2 Å². The first-order valence-electron chi connectivity index (χ1n) is 3.69. The van der Waals surface area contributed by atoms with E-state index in [0.717, 1.165) is 11.1 Å². The number of hydrogen-bond acceptors (Lipinski definition) is 1. The lowest BCUT2D eigenvalue weighted by Crippen LogP contribution is -1.95. The Morgan fingerprint density at radius 2 is 1.75 bits per heavy atom. The molecule has 0 aromatic heterocycles. The first-order valence-corrected chi connectivity index (χ1v) is 3.69. The number of ketones is 1. The van der Waals surface area contributed by atoms with Gasteiger partial charge in [-0.15, -0.1) is 0 Å². The molecular formula is C11H6O. The maximum absolute atomic E-state index is 11.3. The van der Waals surface area contributed by atoms with Gasteiger partial charge in [-0.3, -0.25) is 4.79 Å². The lowest BCUT2D eigenvalue weighted by atomic mass is 10.0. The molecule has 0 atom stereocenters. The van der Waals surface area contributed by atoms with E-state index < -0.39 is 0 Å². The van der Waals surface area contributed by atoms with Gasteiger partial charge in [0, 0.05) is 11.6 Å². The molecule has 1 heteroatoms. The highest BCUT2D eigenvalue weighted by molar-refractivity contribution is 6.07. The van der Waals surface area contributed by atoms with Crippen LogP contribution in [0.3, 0.4) is 0 Å². The molecule has 1 aliphatic carbocycles. The van der Waals surface area contributed by atoms with Gasteiger partial charge >= 0.3 is 0 Å². The van der Waals surface area contributed by atoms with Gasteiger partial charge in [0.1, 0.15) is 0 Å². The molecule has 0 spiro atoms. The summed E-state index contributed by atoms with van der Waals surface area (Å²) >= 11 is 0. The normalized spacial score (nSPS) is 12.8. The summed E-state index contributed by atoms with van der Waals surface area (Å²) in [5.41, 5.74) is 7.07. The smallest absolute Gasteiger partial charge is 0.194 e. The third kappa shape index (κ3) is 1.04. The molecule has 0 radical (unpaired) electrons. The van der Waals surface area contributed by atoms with Crippen molar-refractivity contribution in [3.8, 4) is 0 Å². The van der Waals surface area contributed by atoms with Crippen molar-refractivity contribution in [1.29, 1.82) is 0 Å². The van der Waals surface area contributed by atoms with Gasteiger partial charge in [0.05, 0.1) is 0 Å². The fourth-order valence-electron chi connectivity index (χ4n) is 1.15. The third-order valence-electron chi connectivity index (χ3n) is 1.74. The van der Waals surface area contributed by atoms with E-state index in [0.29, 0.717) is 0 Å². The Kier molecular flexibility index (Phi) is 1.53. The molecule has 0 unspecified atom stereocenters. The van der Waals surface area contributed by atoms with E-state index in [9.17, 15) is 4.79 Å². The lowest BCUT2D eigenvalue weighted by molar-refractivity contribution is 0.104. The summed E-state index contributed by atoms with van der Waals surface area (Å²) < 4.78 is 0. The Hall–Kier alpha value is -1.81. The first kappa shape index (κ1) is 6.87. The van der Waals surface area contributed by atoms with Crippen LogP contribution in [0.5, 0.6) is 0 Å². The van der Waals surface area contributed by atoms with Crippen molar-refractivity contribution >= 4 is 11.9 Å². The molecule has 0 amide bonds. The van der Waals surface area contributed by atoms with Crippen molar-refractivity contribution in [1.82, 2.24) is 0 Å². The van der Waals surface area contributed by atoms with Crippen LogP contribution in [-0.2, 0) is 0 Å². The predicted molar refractivity (Wildman–Crippen MR) is 46.8 cm³/mol. The number of hydrogen-bond donors (Lipinski definition) is 0. The second-order valence-corrected chi connectivity index (χ2v) is 2.53. The zero-order valence-corrected chi connectivity index (χ0v) is 6.37. The molecule has 0 fully saturated rings. The largest absolute Gasteiger partial charge is 0.289 e. The van der Waals surface area contributed by atoms with Crippen LogP contribution in [0, 0.1) is 0 Å². The van der Waals surface area contributed by atoms with Gasteiger partial charge in [-0.25, -0.2) is 0 Å². The van der Waals surface area contributed by atoms with E-state index in [2.05, 4.69) is 11.5 Å². The van der Waals surface area contributed by atoms with Crippen molar-refractivity contribution in [3.05, 3.63) is 52.9 Å². The molecule has 2 rings (SSSR count). The molecular weight excluding hydrogens is 148 g/mol. The number of allylic oxidation sites excluding steroid dienone is 1. The van der Waals surface area contributed by atoms with Gasteiger partial charge in [-0.05, 0) is 11.6 Å². The quantitative estimate of drug-likeness (QED) is 0.523. The number of rotatable bonds is 0. The molecule has 0 saturated carbocycles. The third-order valence-corrected chi connectivity index (χ3v) is 1.74. The van der Waals surface area contributed by atoms with Crippen LogP contribution in [0.25, 0.3) is 6.08 Å². The van der Waals surface area contributed by atoms with Crippen molar-refractivity contribution in [2.75, 3.05) is 0 Å². The van der Waals surface area contributed by atoms with Gasteiger partial charge in [0.25, 0.3) is 0 Å². The Balaban J connectivity index is 2.74. The molecule has 1 nitrogen and oxygen atoms in total. The predicted octanol–water partition coefficient (Wildman–Crippen LogP) is 2.21. The van der Waals surface area contributed by atoms with Crippen molar-refractivity contribution in [2.45, 2.75) is 0 Å². The summed E-state index contributed by atoms with van der Waals surface area (Å²) in [5.74, 6) is -0.00755. The van der Waals surface area contributed by atoms with Crippen LogP contribution in [0.2, 0.25) is 0 Å². The molecule has 12 heavy (non-hydrogen) atoms. The Morgan fingerprint density at radius 1 is 1.00 bits per heavy atom. The van der Waals surface area contributed by atoms with Crippen LogP contribution in [0.15, 0.2) is 41.8 Å². The molecule has 0 saturated heterocycles. The summed E-state index contributed by atoms with van der Waals surface area (Å²) in [4.78, 5) is 11.3. The highest BCUT2D eigenvalue weighted by Gasteiger charge is 2.06. The molecule has 0 bridgehead atoms. The molecule has 1 aromatic rings. The van der Waals surface area contributed by atoms with Gasteiger partial charge in [0.2, 0.25) is 0 Å². The summed E-state index contributed by atoms with van der Waals surface area (Å²) in [7, 11) is 0. The van der Waals surface area contributed by atoms with Gasteiger partial charge < -0.3 is 0 Å². The van der Waals surface area contributed by atoms with Crippen molar-refractivity contribution in [2.24, 2.45) is 0 Å². The van der Waals surface area contributed by atoms with Crippen LogP contribution >= 0.6 is 0 Å². The summed E-state index contributed by atoms with van der Waals surface area (Å²) in [6.07, 6.45) is 3.17. The molecule has 0 heterocycles. The van der Waals surface area contributed by atoms with Crippen LogP contribution in [0.4, 0.5) is 0 Å². The van der Waals surface area contributed by atoms with E-state index in [1.54, 1.807) is 12.1 Å². The average molecular weight is 154 g/mol. The molecule has 1 aromatic carbocycles. The number of fused-ring (bicyclic) bond motifs is 1. The summed E-state index contributed by atoms with van der Waals surface area (Å²) in [6.45, 7) is 0. The second kappa shape index (κ2) is 2.67. The highest BCUT2D eigenvalue weighted by atomic mass is 16.1. The van der Waals surface area contributed by atoms with Crippen molar-refractivity contribution in [3.63, 3.8) is 0 Å². The molecule has 0 aliphatic heterocycles. The minimum absolute atomic E-state index is 0.00755. The van der Waals surface area contributed by atoms with Crippen LogP contribution in [0.1, 0.15) is 15.9 Å². The minimum atomic E-state index is -0.00755. The maximum atomic E-state index is 11.3. The van der Waals surface area contributed by atoms with Crippen molar-refractivity contribution < 1.29 is 4.79 Å². The second-order valence-electron chi connectivity index (χ2n) is 2.53. The zero-order valence-electron chi connectivity index (χ0n) is 6.37. The van der Waals surface area contributed by atoms with Crippen LogP contribution in [-0.4, -0.2) is 5.78 Å². The summed E-state index contributed by atoms with van der Waals surface area (Å²) in [5, 5.41) is 0. The topological polar surface area (TPSA) is 17.1 Å². The Bertz CT molecular complexity index is 413. The maximum Gasteiger partial charge on any atom is 0.194 e. The summed E-state index contributed by atoms with van der Waals surface area (Å²) in [6, 6.07) is 7.44. The van der Waals surface area contributed by atoms with E-state index >= 15 is 0 Å². The number of carbonyl (C=O) groups is 1. The fourth-order valence-corrected chi connectivity index (χ4v) is 1.15. The zero-order chi connectivity index (χ0) is 8.39. The minimum Gasteiger partial charge on any atom is -0.289 e. The first-order chi connectivity index (χ1) is 5.88. The number of benzene rings is 1. The van der Waals surface area contributed by atoms with Gasteiger partial charge in [0.15, 0.2) is 5.78 Å². The molecule has 1 aliphatic rings. The molecule has 56 valence electrons. The standard InChI is InChI=1S/C11H6O/c12-11-8-4-2-6-9-5-1-3-7-10(9)11/h1,3,5-8H. The Labute approximate surface area is 70.3 Å². The van der Waals surface area contributed by atoms with E-state index in [4.69, 9.17) is 0 Å². The van der Waals surface area contributed by atoms with E-state index in [1.165, 1.54) is 6.08 Å². The highest BCUT2D eigenvalue weighted by Crippen LogP contribution is 2.12. The number of carbonyl (C=O) groups excluding carboxylic acids is 1. The Morgan fingerprint density at radius 3 is 2.67 bits per heavy atom. The van der Waals surface area contributed by atoms with Gasteiger partial charge in [-0.2, -0.15) is 0 Å². The monoisotopic (exact) mass is 154 g/mol. The lowest BCUT2D eigenvalue weighted by Gasteiger charge is -1.97. The fraction of sp³-hybridized carbons (Fsp3) is 0.